The molecule has 0 spiro atoms. The molecule has 2 nitrogen and oxygen atoms in total. The van der Waals surface area contributed by atoms with Crippen molar-refractivity contribution in [2.45, 2.75) is 32.6 Å². The Hall–Kier alpha value is -0.830. The van der Waals surface area contributed by atoms with Gasteiger partial charge in [-0.1, -0.05) is 35.7 Å². The standard InChI is InChI=1S/C15H20BrNO/c1-2-3-12-6-8-17(9-7-12)15-5-4-14(16)10-13(15)11-18/h4-5,10-12H,2-3,6-9H2,1H3. The number of rotatable bonds is 4. The van der Waals surface area contributed by atoms with Crippen molar-refractivity contribution in [2.24, 2.45) is 5.92 Å². The SMILES string of the molecule is CCCC1CCN(c2ccc(Br)cc2C=O)CC1. The Morgan fingerprint density at radius 1 is 1.39 bits per heavy atom. The number of halogens is 1. The first-order chi connectivity index (χ1) is 8.74. The van der Waals surface area contributed by atoms with E-state index >= 15 is 0 Å². The number of benzene rings is 1. The molecular weight excluding hydrogens is 290 g/mol. The second kappa shape index (κ2) is 6.37. The molecule has 1 fully saturated rings. The Kier molecular flexibility index (Phi) is 4.81. The number of nitrogens with zero attached hydrogens (tertiary/aromatic N) is 1. The van der Waals surface area contributed by atoms with Crippen molar-refractivity contribution in [2.75, 3.05) is 18.0 Å². The summed E-state index contributed by atoms with van der Waals surface area (Å²) in [4.78, 5) is 13.5. The van der Waals surface area contributed by atoms with Crippen molar-refractivity contribution in [1.29, 1.82) is 0 Å². The third-order valence-electron chi connectivity index (χ3n) is 3.77. The molecule has 1 aromatic rings. The molecule has 1 heterocycles. The van der Waals surface area contributed by atoms with Crippen LogP contribution >= 0.6 is 15.9 Å². The molecule has 3 heteroatoms. The third-order valence-corrected chi connectivity index (χ3v) is 4.26. The minimum Gasteiger partial charge on any atom is -0.371 e. The van der Waals surface area contributed by atoms with Crippen LogP contribution in [0, 0.1) is 5.92 Å². The maximum atomic E-state index is 11.1. The van der Waals surface area contributed by atoms with Crippen molar-refractivity contribution in [3.8, 4) is 0 Å². The van der Waals surface area contributed by atoms with Gasteiger partial charge in [0.15, 0.2) is 6.29 Å². The van der Waals surface area contributed by atoms with E-state index in [0.29, 0.717) is 0 Å². The second-order valence-corrected chi connectivity index (χ2v) is 5.96. The van der Waals surface area contributed by atoms with Gasteiger partial charge in [-0.25, -0.2) is 0 Å². The smallest absolute Gasteiger partial charge is 0.152 e. The average molecular weight is 310 g/mol. The molecule has 1 aliphatic rings. The van der Waals surface area contributed by atoms with Gasteiger partial charge >= 0.3 is 0 Å². The molecule has 0 aliphatic carbocycles. The largest absolute Gasteiger partial charge is 0.371 e. The van der Waals surface area contributed by atoms with Crippen molar-refractivity contribution < 1.29 is 4.79 Å². The van der Waals surface area contributed by atoms with Crippen molar-refractivity contribution >= 4 is 27.9 Å². The van der Waals surface area contributed by atoms with Crippen LogP contribution in [-0.2, 0) is 0 Å². The van der Waals surface area contributed by atoms with Crippen LogP contribution in [0.25, 0.3) is 0 Å². The molecule has 1 saturated heterocycles. The zero-order valence-corrected chi connectivity index (χ0v) is 12.4. The summed E-state index contributed by atoms with van der Waals surface area (Å²) in [6.45, 7) is 4.41. The fourth-order valence-corrected chi connectivity index (χ4v) is 3.16. The van der Waals surface area contributed by atoms with Crippen LogP contribution in [0.3, 0.4) is 0 Å². The molecule has 0 atom stereocenters. The van der Waals surface area contributed by atoms with Gasteiger partial charge in [0.2, 0.25) is 0 Å². The van der Waals surface area contributed by atoms with Crippen LogP contribution < -0.4 is 4.90 Å². The lowest BCUT2D eigenvalue weighted by Crippen LogP contribution is -2.34. The number of carbonyl (C=O) groups excluding carboxylic acids is 1. The summed E-state index contributed by atoms with van der Waals surface area (Å²) in [5.74, 6) is 0.876. The lowest BCUT2D eigenvalue weighted by molar-refractivity contribution is 0.112. The zero-order valence-electron chi connectivity index (χ0n) is 10.9. The van der Waals surface area contributed by atoms with Gasteiger partial charge in [-0.2, -0.15) is 0 Å². The summed E-state index contributed by atoms with van der Waals surface area (Å²) in [6.07, 6.45) is 6.08. The topological polar surface area (TPSA) is 20.3 Å². The zero-order chi connectivity index (χ0) is 13.0. The van der Waals surface area contributed by atoms with Gasteiger partial charge in [-0.05, 0) is 37.0 Å². The minimum absolute atomic E-state index is 0.790. The summed E-state index contributed by atoms with van der Waals surface area (Å²) in [6, 6.07) is 5.97. The number of carbonyl (C=O) groups is 1. The van der Waals surface area contributed by atoms with Crippen LogP contribution in [-0.4, -0.2) is 19.4 Å². The van der Waals surface area contributed by atoms with E-state index in [2.05, 4.69) is 27.8 Å². The number of hydrogen-bond donors (Lipinski definition) is 0. The Balaban J connectivity index is 2.07. The summed E-state index contributed by atoms with van der Waals surface area (Å²) < 4.78 is 0.967. The number of hydrogen-bond acceptors (Lipinski definition) is 2. The maximum Gasteiger partial charge on any atom is 0.152 e. The van der Waals surface area contributed by atoms with Crippen LogP contribution in [0.4, 0.5) is 5.69 Å². The van der Waals surface area contributed by atoms with Crippen LogP contribution in [0.1, 0.15) is 43.0 Å². The van der Waals surface area contributed by atoms with Gasteiger partial charge in [-0.3, -0.25) is 4.79 Å². The molecule has 98 valence electrons. The highest BCUT2D eigenvalue weighted by atomic mass is 79.9. The third kappa shape index (κ3) is 3.14. The quantitative estimate of drug-likeness (QED) is 0.774. The van der Waals surface area contributed by atoms with E-state index in [0.717, 1.165) is 41.0 Å². The molecule has 0 N–H and O–H groups in total. The highest BCUT2D eigenvalue weighted by molar-refractivity contribution is 9.10. The normalized spacial score (nSPS) is 16.9. The van der Waals surface area contributed by atoms with E-state index in [4.69, 9.17) is 0 Å². The molecule has 0 aromatic heterocycles. The predicted octanol–water partition coefficient (Wildman–Crippen LogP) is 4.28. The monoisotopic (exact) mass is 309 g/mol. The summed E-state index contributed by atoms with van der Waals surface area (Å²) in [5, 5.41) is 0. The fraction of sp³-hybridized carbons (Fsp3) is 0.533. The van der Waals surface area contributed by atoms with Crippen LogP contribution in [0.15, 0.2) is 22.7 Å². The summed E-state index contributed by atoms with van der Waals surface area (Å²) >= 11 is 3.41. The fourth-order valence-electron chi connectivity index (χ4n) is 2.78. The van der Waals surface area contributed by atoms with Crippen LogP contribution in [0.5, 0.6) is 0 Å². The molecule has 2 rings (SSSR count). The summed E-state index contributed by atoms with van der Waals surface area (Å²) in [7, 11) is 0. The molecule has 1 aliphatic heterocycles. The average Bonchev–Trinajstić information content (AvgIpc) is 2.40. The van der Waals surface area contributed by atoms with E-state index in [1.54, 1.807) is 0 Å². The van der Waals surface area contributed by atoms with E-state index in [1.807, 2.05) is 18.2 Å². The number of anilines is 1. The predicted molar refractivity (Wildman–Crippen MR) is 79.4 cm³/mol. The molecule has 18 heavy (non-hydrogen) atoms. The molecule has 0 bridgehead atoms. The van der Waals surface area contributed by atoms with Crippen LogP contribution in [0.2, 0.25) is 0 Å². The molecule has 0 saturated carbocycles. The van der Waals surface area contributed by atoms with Crippen molar-refractivity contribution in [3.05, 3.63) is 28.2 Å². The summed E-state index contributed by atoms with van der Waals surface area (Å²) in [5.41, 5.74) is 1.88. The van der Waals surface area contributed by atoms with E-state index in [9.17, 15) is 4.79 Å². The molecule has 0 radical (unpaired) electrons. The van der Waals surface area contributed by atoms with Gasteiger partial charge in [-0.15, -0.1) is 0 Å². The Bertz CT molecular complexity index is 411. The molecule has 0 amide bonds. The van der Waals surface area contributed by atoms with Crippen molar-refractivity contribution in [1.82, 2.24) is 0 Å². The number of aldehydes is 1. The molecule has 1 aromatic carbocycles. The minimum atomic E-state index is 0.790. The van der Waals surface area contributed by atoms with Gasteiger partial charge in [0, 0.05) is 28.8 Å². The van der Waals surface area contributed by atoms with Gasteiger partial charge < -0.3 is 4.90 Å². The van der Waals surface area contributed by atoms with Gasteiger partial charge in [0.05, 0.1) is 0 Å². The van der Waals surface area contributed by atoms with E-state index in [-0.39, 0.29) is 0 Å². The Morgan fingerprint density at radius 2 is 2.11 bits per heavy atom. The van der Waals surface area contributed by atoms with Crippen molar-refractivity contribution in [3.63, 3.8) is 0 Å². The second-order valence-electron chi connectivity index (χ2n) is 5.04. The number of piperidine rings is 1. The molecular formula is C15H20BrNO. The first kappa shape index (κ1) is 13.6. The van der Waals surface area contributed by atoms with E-state index in [1.165, 1.54) is 25.7 Å². The first-order valence-electron chi connectivity index (χ1n) is 6.74. The highest BCUT2D eigenvalue weighted by Gasteiger charge is 2.20. The lowest BCUT2D eigenvalue weighted by atomic mass is 9.92. The van der Waals surface area contributed by atoms with Gasteiger partial charge in [0.1, 0.15) is 0 Å². The van der Waals surface area contributed by atoms with Gasteiger partial charge in [0.25, 0.3) is 0 Å². The Morgan fingerprint density at radius 3 is 2.72 bits per heavy atom. The maximum absolute atomic E-state index is 11.1. The van der Waals surface area contributed by atoms with E-state index < -0.39 is 0 Å². The first-order valence-corrected chi connectivity index (χ1v) is 7.53. The lowest BCUT2D eigenvalue weighted by Gasteiger charge is -2.34. The molecule has 0 unspecified atom stereocenters. The highest BCUT2D eigenvalue weighted by Crippen LogP contribution is 2.29. The Labute approximate surface area is 117 Å².